The Labute approximate surface area is 158 Å². The molecule has 3 rings (SSSR count). The summed E-state index contributed by atoms with van der Waals surface area (Å²) in [6.45, 7) is -0.211. The van der Waals surface area contributed by atoms with Crippen molar-refractivity contribution in [3.8, 4) is 11.3 Å². The maximum absolute atomic E-state index is 13.0. The highest BCUT2D eigenvalue weighted by Crippen LogP contribution is 2.17. The summed E-state index contributed by atoms with van der Waals surface area (Å²) in [5.41, 5.74) is 1.15. The average Bonchev–Trinajstić information content (AvgIpc) is 2.63. The third-order valence-electron chi connectivity index (χ3n) is 3.79. The minimum Gasteiger partial charge on any atom is -0.350 e. The van der Waals surface area contributed by atoms with Gasteiger partial charge in [-0.05, 0) is 48.0 Å². The molecule has 138 valence electrons. The molecule has 0 bridgehead atoms. The molecule has 0 saturated heterocycles. The van der Waals surface area contributed by atoms with Crippen LogP contribution >= 0.6 is 11.6 Å². The van der Waals surface area contributed by atoms with Crippen LogP contribution < -0.4 is 10.9 Å². The molecule has 0 atom stereocenters. The molecule has 1 heterocycles. The van der Waals surface area contributed by atoms with Gasteiger partial charge in [-0.25, -0.2) is 13.5 Å². The van der Waals surface area contributed by atoms with Gasteiger partial charge in [0.1, 0.15) is 18.2 Å². The highest BCUT2D eigenvalue weighted by atomic mass is 35.5. The van der Waals surface area contributed by atoms with Gasteiger partial charge in [0.15, 0.2) is 0 Å². The van der Waals surface area contributed by atoms with Gasteiger partial charge in [-0.15, -0.1) is 0 Å². The lowest BCUT2D eigenvalue weighted by molar-refractivity contribution is -0.122. The Hall–Kier alpha value is -3.06. The van der Waals surface area contributed by atoms with E-state index in [1.54, 1.807) is 0 Å². The second kappa shape index (κ2) is 8.09. The minimum absolute atomic E-state index is 0.0876. The second-order valence-corrected chi connectivity index (χ2v) is 6.14. The van der Waals surface area contributed by atoms with Crippen LogP contribution in [0.5, 0.6) is 0 Å². The number of benzene rings is 2. The van der Waals surface area contributed by atoms with Crippen molar-refractivity contribution in [3.05, 3.63) is 87.2 Å². The third kappa shape index (κ3) is 4.77. The molecule has 1 N–H and O–H groups in total. The molecule has 0 aliphatic carbocycles. The molecule has 27 heavy (non-hydrogen) atoms. The normalized spacial score (nSPS) is 10.6. The number of aromatic nitrogens is 2. The molecule has 0 radical (unpaired) electrons. The third-order valence-corrected chi connectivity index (χ3v) is 4.14. The summed E-state index contributed by atoms with van der Waals surface area (Å²) in [5.74, 6) is -1.31. The number of carbonyl (C=O) groups excluding carboxylic acids is 1. The Bertz CT molecular complexity index is 1040. The number of nitrogens with one attached hydrogen (secondary N) is 1. The average molecular weight is 390 g/mol. The number of carbonyl (C=O) groups is 1. The van der Waals surface area contributed by atoms with Gasteiger partial charge in [0.2, 0.25) is 5.91 Å². The van der Waals surface area contributed by atoms with Crippen molar-refractivity contribution in [2.24, 2.45) is 0 Å². The Morgan fingerprint density at radius 3 is 2.44 bits per heavy atom. The van der Waals surface area contributed by atoms with E-state index in [0.717, 1.165) is 10.7 Å². The van der Waals surface area contributed by atoms with Gasteiger partial charge >= 0.3 is 0 Å². The fourth-order valence-electron chi connectivity index (χ4n) is 2.39. The van der Waals surface area contributed by atoms with Crippen molar-refractivity contribution in [1.29, 1.82) is 0 Å². The summed E-state index contributed by atoms with van der Waals surface area (Å²) < 4.78 is 27.1. The van der Waals surface area contributed by atoms with Crippen LogP contribution in [0.2, 0.25) is 5.02 Å². The van der Waals surface area contributed by atoms with Gasteiger partial charge in [-0.3, -0.25) is 9.59 Å². The molecule has 0 saturated carbocycles. The Morgan fingerprint density at radius 1 is 1.04 bits per heavy atom. The van der Waals surface area contributed by atoms with Crippen LogP contribution in [0.1, 0.15) is 5.56 Å². The molecule has 3 aromatic rings. The summed E-state index contributed by atoms with van der Waals surface area (Å²) in [7, 11) is 0. The fraction of sp³-hybridized carbons (Fsp3) is 0.105. The smallest absolute Gasteiger partial charge is 0.267 e. The molecular formula is C19H14ClF2N3O2. The van der Waals surface area contributed by atoms with E-state index in [4.69, 9.17) is 11.6 Å². The molecule has 5 nitrogen and oxygen atoms in total. The molecule has 8 heteroatoms. The van der Waals surface area contributed by atoms with Crippen LogP contribution in [0.3, 0.4) is 0 Å². The van der Waals surface area contributed by atoms with E-state index in [1.165, 1.54) is 48.5 Å². The van der Waals surface area contributed by atoms with E-state index < -0.39 is 17.3 Å². The van der Waals surface area contributed by atoms with E-state index in [0.29, 0.717) is 16.8 Å². The quantitative estimate of drug-likeness (QED) is 0.729. The van der Waals surface area contributed by atoms with Crippen LogP contribution in [-0.4, -0.2) is 15.7 Å². The first-order valence-electron chi connectivity index (χ1n) is 7.97. The zero-order chi connectivity index (χ0) is 19.4. The summed E-state index contributed by atoms with van der Waals surface area (Å²) in [4.78, 5) is 24.1. The first kappa shape index (κ1) is 18.7. The van der Waals surface area contributed by atoms with E-state index in [-0.39, 0.29) is 23.9 Å². The topological polar surface area (TPSA) is 64.0 Å². The van der Waals surface area contributed by atoms with E-state index in [1.807, 2.05) is 0 Å². The molecule has 0 fully saturated rings. The van der Waals surface area contributed by atoms with Gasteiger partial charge in [0.05, 0.1) is 5.69 Å². The van der Waals surface area contributed by atoms with Gasteiger partial charge < -0.3 is 5.32 Å². The molecule has 1 amide bonds. The molecule has 2 aromatic carbocycles. The van der Waals surface area contributed by atoms with Gasteiger partial charge in [-0.1, -0.05) is 17.7 Å². The van der Waals surface area contributed by atoms with Crippen molar-refractivity contribution < 1.29 is 13.6 Å². The molecule has 0 aliphatic rings. The summed E-state index contributed by atoms with van der Waals surface area (Å²) in [6.07, 6.45) is 0. The number of hydrogen-bond acceptors (Lipinski definition) is 3. The van der Waals surface area contributed by atoms with Crippen molar-refractivity contribution >= 4 is 17.5 Å². The van der Waals surface area contributed by atoms with E-state index in [2.05, 4.69) is 10.4 Å². The maximum atomic E-state index is 13.0. The van der Waals surface area contributed by atoms with Crippen molar-refractivity contribution in [2.45, 2.75) is 13.1 Å². The van der Waals surface area contributed by atoms with Gasteiger partial charge in [0.25, 0.3) is 5.56 Å². The van der Waals surface area contributed by atoms with Crippen LogP contribution in [0.15, 0.2) is 59.4 Å². The van der Waals surface area contributed by atoms with Crippen molar-refractivity contribution in [3.63, 3.8) is 0 Å². The van der Waals surface area contributed by atoms with Crippen LogP contribution in [0.4, 0.5) is 8.78 Å². The number of hydrogen-bond donors (Lipinski definition) is 1. The largest absolute Gasteiger partial charge is 0.350 e. The predicted molar refractivity (Wildman–Crippen MR) is 97.1 cm³/mol. The van der Waals surface area contributed by atoms with Crippen LogP contribution in [0, 0.1) is 11.6 Å². The van der Waals surface area contributed by atoms with Crippen LogP contribution in [0.25, 0.3) is 11.3 Å². The summed E-state index contributed by atoms with van der Waals surface area (Å²) in [6, 6.07) is 12.3. The first-order chi connectivity index (χ1) is 12.9. The first-order valence-corrected chi connectivity index (χ1v) is 8.35. The Kier molecular flexibility index (Phi) is 5.61. The summed E-state index contributed by atoms with van der Waals surface area (Å²) in [5, 5.41) is 6.95. The van der Waals surface area contributed by atoms with Gasteiger partial charge in [0, 0.05) is 23.2 Å². The number of amides is 1. The number of nitrogens with zero attached hydrogens (tertiary/aromatic N) is 2. The van der Waals surface area contributed by atoms with E-state index >= 15 is 0 Å². The number of rotatable bonds is 5. The monoisotopic (exact) mass is 389 g/mol. The highest BCUT2D eigenvalue weighted by molar-refractivity contribution is 6.31. The fourth-order valence-corrected chi connectivity index (χ4v) is 2.62. The Balaban J connectivity index is 1.71. The van der Waals surface area contributed by atoms with E-state index in [9.17, 15) is 18.4 Å². The Morgan fingerprint density at radius 2 is 1.74 bits per heavy atom. The lowest BCUT2D eigenvalue weighted by Gasteiger charge is -2.09. The predicted octanol–water partition coefficient (Wildman–Crippen LogP) is 3.16. The molecule has 0 aliphatic heterocycles. The van der Waals surface area contributed by atoms with Gasteiger partial charge in [-0.2, -0.15) is 5.10 Å². The molecule has 0 unspecified atom stereocenters. The zero-order valence-corrected chi connectivity index (χ0v) is 14.7. The lowest BCUT2D eigenvalue weighted by atomic mass is 10.1. The second-order valence-electron chi connectivity index (χ2n) is 5.73. The molecular weight excluding hydrogens is 376 g/mol. The minimum atomic E-state index is -0.469. The molecule has 1 aromatic heterocycles. The highest BCUT2D eigenvalue weighted by Gasteiger charge is 2.09. The van der Waals surface area contributed by atoms with Crippen molar-refractivity contribution in [2.75, 3.05) is 0 Å². The lowest BCUT2D eigenvalue weighted by Crippen LogP contribution is -2.33. The summed E-state index contributed by atoms with van der Waals surface area (Å²) >= 11 is 5.91. The molecule has 0 spiro atoms. The van der Waals surface area contributed by atoms with Crippen molar-refractivity contribution in [1.82, 2.24) is 15.1 Å². The standard InChI is InChI=1S/C19H14ClF2N3O2/c20-16-9-15(22)6-3-13(16)10-23-18(26)11-25-19(27)8-7-17(24-25)12-1-4-14(21)5-2-12/h1-9H,10-11H2,(H,23,26). The maximum Gasteiger partial charge on any atom is 0.267 e. The van der Waals surface area contributed by atoms with Crippen LogP contribution in [-0.2, 0) is 17.9 Å². The number of halogens is 3. The SMILES string of the molecule is O=C(Cn1nc(-c2ccc(F)cc2)ccc1=O)NCc1ccc(F)cc1Cl. The zero-order valence-electron chi connectivity index (χ0n) is 14.0.